The van der Waals surface area contributed by atoms with Gasteiger partial charge in [0.2, 0.25) is 0 Å². The van der Waals surface area contributed by atoms with E-state index < -0.39 is 27.2 Å². The first-order valence-corrected chi connectivity index (χ1v) is 9.75. The van der Waals surface area contributed by atoms with E-state index in [2.05, 4.69) is 19.5 Å². The Morgan fingerprint density at radius 3 is 2.47 bits per heavy atom. The van der Waals surface area contributed by atoms with E-state index >= 15 is 0 Å². The smallest absolute Gasteiger partial charge is 0.493 e. The summed E-state index contributed by atoms with van der Waals surface area (Å²) in [4.78, 5) is 7.88. The van der Waals surface area contributed by atoms with Crippen molar-refractivity contribution in [2.45, 2.75) is 12.4 Å². The predicted molar refractivity (Wildman–Crippen MR) is 103 cm³/mol. The number of alkyl halides is 3. The lowest BCUT2D eigenvalue weighted by Gasteiger charge is -2.14. The number of nitrogens with zero attached hydrogens (tertiary/aromatic N) is 2. The number of anilines is 1. The lowest BCUT2D eigenvalue weighted by Crippen LogP contribution is -2.28. The molecule has 0 saturated carbocycles. The standard InChI is InChI=1S/C17H14ClF4N3O4S/c1-10(19)12(5-3-4-6-18)25-16-11-7-15(29-30(26,27)17(20,21)22)14(28-2)8-13(11)23-9-24-16/h3-9H,1-2H3,(H,23,24,25)/b5-3-,6-4+,12-10-. The molecule has 0 radical (unpaired) electrons. The highest BCUT2D eigenvalue weighted by Crippen LogP contribution is 2.37. The summed E-state index contributed by atoms with van der Waals surface area (Å²) in [5.41, 5.74) is -4.32. The highest BCUT2D eigenvalue weighted by atomic mass is 35.5. The topological polar surface area (TPSA) is 90.4 Å². The zero-order valence-corrected chi connectivity index (χ0v) is 16.9. The van der Waals surface area contributed by atoms with E-state index in [9.17, 15) is 26.0 Å². The largest absolute Gasteiger partial charge is 0.534 e. The Kier molecular flexibility index (Phi) is 7.26. The van der Waals surface area contributed by atoms with E-state index in [4.69, 9.17) is 16.3 Å². The summed E-state index contributed by atoms with van der Waals surface area (Å²) < 4.78 is 83.8. The molecule has 1 aromatic carbocycles. The molecule has 0 aliphatic heterocycles. The number of allylic oxidation sites excluding steroid dienone is 4. The number of fused-ring (bicyclic) bond motifs is 1. The summed E-state index contributed by atoms with van der Waals surface area (Å²) in [6.45, 7) is 1.16. The van der Waals surface area contributed by atoms with Crippen LogP contribution in [0.2, 0.25) is 0 Å². The highest BCUT2D eigenvalue weighted by molar-refractivity contribution is 7.88. The van der Waals surface area contributed by atoms with E-state index in [0.29, 0.717) is 0 Å². The molecule has 0 aliphatic carbocycles. The van der Waals surface area contributed by atoms with Crippen LogP contribution < -0.4 is 14.2 Å². The fraction of sp³-hybridized carbons (Fsp3) is 0.176. The number of hydrogen-bond acceptors (Lipinski definition) is 7. The van der Waals surface area contributed by atoms with E-state index in [-0.39, 0.29) is 28.2 Å². The van der Waals surface area contributed by atoms with Gasteiger partial charge in [-0.05, 0) is 19.1 Å². The van der Waals surface area contributed by atoms with Crippen LogP contribution in [0.1, 0.15) is 6.92 Å². The molecule has 0 atom stereocenters. The van der Waals surface area contributed by atoms with E-state index in [1.54, 1.807) is 0 Å². The molecule has 0 fully saturated rings. The van der Waals surface area contributed by atoms with Gasteiger partial charge in [-0.3, -0.25) is 0 Å². The third kappa shape index (κ3) is 5.39. The summed E-state index contributed by atoms with van der Waals surface area (Å²) in [7, 11) is -4.85. The number of benzene rings is 1. The van der Waals surface area contributed by atoms with Crippen molar-refractivity contribution in [3.8, 4) is 11.5 Å². The zero-order chi connectivity index (χ0) is 22.5. The summed E-state index contributed by atoms with van der Waals surface area (Å²) in [6.07, 6.45) is 5.29. The molecule has 2 rings (SSSR count). The Bertz CT molecular complexity index is 1130. The first-order valence-electron chi connectivity index (χ1n) is 7.90. The predicted octanol–water partition coefficient (Wildman–Crippen LogP) is 4.79. The molecule has 2 aromatic rings. The van der Waals surface area contributed by atoms with Gasteiger partial charge in [-0.15, -0.1) is 0 Å². The molecule has 162 valence electrons. The lowest BCUT2D eigenvalue weighted by atomic mass is 10.2. The fourth-order valence-electron chi connectivity index (χ4n) is 2.12. The monoisotopic (exact) mass is 467 g/mol. The Balaban J connectivity index is 2.60. The Morgan fingerprint density at radius 2 is 1.90 bits per heavy atom. The summed E-state index contributed by atoms with van der Waals surface area (Å²) in [5.74, 6) is -1.72. The quantitative estimate of drug-likeness (QED) is 0.271. The maximum Gasteiger partial charge on any atom is 0.534 e. The van der Waals surface area contributed by atoms with Crippen LogP contribution in [0, 0.1) is 0 Å². The molecular formula is C17H14ClF4N3O4S. The summed E-state index contributed by atoms with van der Waals surface area (Å²) >= 11 is 5.40. The van der Waals surface area contributed by atoms with Crippen molar-refractivity contribution < 1.29 is 34.9 Å². The van der Waals surface area contributed by atoms with Crippen LogP contribution >= 0.6 is 11.6 Å². The SMILES string of the molecule is COc1cc2ncnc(NC(/C=C\C=C\Cl)=C(/C)F)c2cc1OS(=O)(=O)C(F)(F)F. The number of nitrogens with one attached hydrogen (secondary N) is 1. The lowest BCUT2D eigenvalue weighted by molar-refractivity contribution is -0.0500. The Morgan fingerprint density at radius 1 is 1.20 bits per heavy atom. The molecule has 0 spiro atoms. The number of ether oxygens (including phenoxy) is 1. The molecule has 1 N–H and O–H groups in total. The average molecular weight is 468 g/mol. The minimum absolute atomic E-state index is 0.0246. The molecule has 0 amide bonds. The van der Waals surface area contributed by atoms with Gasteiger partial charge in [-0.25, -0.2) is 14.4 Å². The first kappa shape index (κ1) is 23.4. The van der Waals surface area contributed by atoms with Gasteiger partial charge in [0.15, 0.2) is 11.5 Å². The van der Waals surface area contributed by atoms with Crippen molar-refractivity contribution in [3.63, 3.8) is 0 Å². The normalized spacial score (nSPS) is 13.7. The minimum atomic E-state index is -5.96. The molecule has 30 heavy (non-hydrogen) atoms. The second-order valence-electron chi connectivity index (χ2n) is 5.48. The second-order valence-corrected chi connectivity index (χ2v) is 7.27. The van der Waals surface area contributed by atoms with Crippen molar-refractivity contribution in [2.75, 3.05) is 12.4 Å². The van der Waals surface area contributed by atoms with Gasteiger partial charge in [-0.2, -0.15) is 21.6 Å². The van der Waals surface area contributed by atoms with Gasteiger partial charge in [0, 0.05) is 17.0 Å². The third-order valence-electron chi connectivity index (χ3n) is 3.47. The molecule has 0 saturated heterocycles. The molecule has 13 heteroatoms. The maximum absolute atomic E-state index is 13.8. The number of rotatable bonds is 7. The van der Waals surface area contributed by atoms with Gasteiger partial charge in [0.05, 0.1) is 18.3 Å². The molecular weight excluding hydrogens is 454 g/mol. The van der Waals surface area contributed by atoms with Gasteiger partial charge < -0.3 is 14.2 Å². The zero-order valence-electron chi connectivity index (χ0n) is 15.4. The van der Waals surface area contributed by atoms with Gasteiger partial charge in [-0.1, -0.05) is 23.8 Å². The van der Waals surface area contributed by atoms with Crippen molar-refractivity contribution in [3.05, 3.63) is 53.7 Å². The molecule has 1 aromatic heterocycles. The number of hydrogen-bond donors (Lipinski definition) is 1. The minimum Gasteiger partial charge on any atom is -0.493 e. The fourth-order valence-corrected chi connectivity index (χ4v) is 2.66. The van der Waals surface area contributed by atoms with Crippen molar-refractivity contribution >= 4 is 38.4 Å². The van der Waals surface area contributed by atoms with Gasteiger partial charge >= 0.3 is 15.6 Å². The van der Waals surface area contributed by atoms with E-state index in [1.165, 1.54) is 23.8 Å². The van der Waals surface area contributed by atoms with Crippen LogP contribution in [0.4, 0.5) is 23.4 Å². The third-order valence-corrected chi connectivity index (χ3v) is 4.59. The first-order chi connectivity index (χ1) is 14.0. The van der Waals surface area contributed by atoms with Gasteiger partial charge in [0.1, 0.15) is 18.0 Å². The van der Waals surface area contributed by atoms with Crippen LogP contribution in [0.5, 0.6) is 11.5 Å². The van der Waals surface area contributed by atoms with Crippen LogP contribution in [-0.4, -0.2) is 31.0 Å². The van der Waals surface area contributed by atoms with E-state index in [0.717, 1.165) is 32.5 Å². The van der Waals surface area contributed by atoms with Crippen LogP contribution in [0.3, 0.4) is 0 Å². The van der Waals surface area contributed by atoms with Crippen molar-refractivity contribution in [2.24, 2.45) is 0 Å². The molecule has 1 heterocycles. The number of methoxy groups -OCH3 is 1. The highest BCUT2D eigenvalue weighted by Gasteiger charge is 2.49. The van der Waals surface area contributed by atoms with Crippen molar-refractivity contribution in [1.29, 1.82) is 0 Å². The number of aromatic nitrogens is 2. The maximum atomic E-state index is 13.8. The van der Waals surface area contributed by atoms with Crippen LogP contribution in [0.25, 0.3) is 10.9 Å². The van der Waals surface area contributed by atoms with Gasteiger partial charge in [0.25, 0.3) is 0 Å². The van der Waals surface area contributed by atoms with Crippen LogP contribution in [0.15, 0.2) is 53.7 Å². The van der Waals surface area contributed by atoms with Crippen molar-refractivity contribution in [1.82, 2.24) is 9.97 Å². The molecule has 0 aliphatic rings. The Labute approximate surface area is 173 Å². The molecule has 0 unspecified atom stereocenters. The van der Waals surface area contributed by atoms with Crippen LogP contribution in [-0.2, 0) is 10.1 Å². The van der Waals surface area contributed by atoms with E-state index in [1.807, 2.05) is 0 Å². The second kappa shape index (κ2) is 9.30. The number of halogens is 5. The Hall–Kier alpha value is -2.86. The molecule has 0 bridgehead atoms. The summed E-state index contributed by atoms with van der Waals surface area (Å²) in [6, 6.07) is 2.09. The summed E-state index contributed by atoms with van der Waals surface area (Å²) in [5, 5.41) is 2.71. The average Bonchev–Trinajstić information content (AvgIpc) is 2.65. The molecule has 7 nitrogen and oxygen atoms in total.